The molecule has 0 saturated heterocycles. The zero-order chi connectivity index (χ0) is 16.8. The van der Waals surface area contributed by atoms with Crippen LogP contribution in [0.4, 0.5) is 4.79 Å². The van der Waals surface area contributed by atoms with Crippen molar-refractivity contribution in [3.8, 4) is 0 Å². The SMILES string of the molecule is CC(C)(C)OC(=O)NC(CCC(=O)O)Cc1cncc(Br)c1. The number of pyridine rings is 1. The van der Waals surface area contributed by atoms with Gasteiger partial charge < -0.3 is 15.2 Å². The van der Waals surface area contributed by atoms with Crippen molar-refractivity contribution >= 4 is 28.0 Å². The number of aromatic nitrogens is 1. The molecule has 1 heterocycles. The number of carbonyl (C=O) groups is 2. The molecule has 1 rings (SSSR count). The predicted octanol–water partition coefficient (Wildman–Crippen LogP) is 3.14. The molecule has 0 radical (unpaired) electrons. The number of hydrogen-bond donors (Lipinski definition) is 2. The van der Waals surface area contributed by atoms with Crippen LogP contribution in [0.2, 0.25) is 0 Å². The summed E-state index contributed by atoms with van der Waals surface area (Å²) in [7, 11) is 0. The van der Waals surface area contributed by atoms with Crippen molar-refractivity contribution in [1.29, 1.82) is 0 Å². The molecule has 0 bridgehead atoms. The molecule has 0 aliphatic carbocycles. The summed E-state index contributed by atoms with van der Waals surface area (Å²) in [6, 6.07) is 1.56. The minimum absolute atomic E-state index is 0.0259. The van der Waals surface area contributed by atoms with Gasteiger partial charge in [0.1, 0.15) is 5.60 Å². The van der Waals surface area contributed by atoms with Crippen LogP contribution in [0.15, 0.2) is 22.9 Å². The highest BCUT2D eigenvalue weighted by Crippen LogP contribution is 2.14. The molecular weight excluding hydrogens is 352 g/mol. The van der Waals surface area contributed by atoms with Crippen molar-refractivity contribution in [3.05, 3.63) is 28.5 Å². The molecule has 0 aliphatic heterocycles. The van der Waals surface area contributed by atoms with Crippen LogP contribution in [-0.2, 0) is 16.0 Å². The number of hydrogen-bond acceptors (Lipinski definition) is 4. The molecule has 2 N–H and O–H groups in total. The summed E-state index contributed by atoms with van der Waals surface area (Å²) in [4.78, 5) is 26.7. The summed E-state index contributed by atoms with van der Waals surface area (Å²) in [5.41, 5.74) is 0.305. The number of carboxylic acid groups (broad SMARTS) is 1. The number of carbonyl (C=O) groups excluding carboxylic acids is 1. The monoisotopic (exact) mass is 372 g/mol. The van der Waals surface area contributed by atoms with Gasteiger partial charge in [-0.05, 0) is 61.2 Å². The van der Waals surface area contributed by atoms with Gasteiger partial charge in [-0.1, -0.05) is 0 Å². The van der Waals surface area contributed by atoms with E-state index < -0.39 is 17.7 Å². The van der Waals surface area contributed by atoms with E-state index in [0.29, 0.717) is 12.8 Å². The first-order valence-corrected chi connectivity index (χ1v) is 7.76. The standard InChI is InChI=1S/C15H21BrN2O4/c1-15(2,3)22-14(21)18-12(4-5-13(19)20)7-10-6-11(16)9-17-8-10/h6,8-9,12H,4-5,7H2,1-3H3,(H,18,21)(H,19,20). The van der Waals surface area contributed by atoms with Gasteiger partial charge in [0.2, 0.25) is 0 Å². The lowest BCUT2D eigenvalue weighted by Gasteiger charge is -2.23. The van der Waals surface area contributed by atoms with Gasteiger partial charge in [0, 0.05) is 29.3 Å². The van der Waals surface area contributed by atoms with Gasteiger partial charge in [0.25, 0.3) is 0 Å². The molecule has 1 unspecified atom stereocenters. The van der Waals surface area contributed by atoms with Crippen LogP contribution >= 0.6 is 15.9 Å². The van der Waals surface area contributed by atoms with Crippen LogP contribution in [-0.4, -0.2) is 33.8 Å². The summed E-state index contributed by atoms with van der Waals surface area (Å²) >= 11 is 3.34. The summed E-state index contributed by atoms with van der Waals surface area (Å²) < 4.78 is 6.05. The lowest BCUT2D eigenvalue weighted by molar-refractivity contribution is -0.137. The Morgan fingerprint density at radius 2 is 2.09 bits per heavy atom. The van der Waals surface area contributed by atoms with E-state index in [1.807, 2.05) is 6.07 Å². The van der Waals surface area contributed by atoms with E-state index in [1.165, 1.54) is 0 Å². The van der Waals surface area contributed by atoms with Crippen LogP contribution in [0.3, 0.4) is 0 Å². The van der Waals surface area contributed by atoms with Crippen molar-refractivity contribution in [2.45, 2.75) is 51.7 Å². The van der Waals surface area contributed by atoms with Gasteiger partial charge in [0.15, 0.2) is 0 Å². The smallest absolute Gasteiger partial charge is 0.407 e. The third kappa shape index (κ3) is 7.97. The second-order valence-electron chi connectivity index (χ2n) is 5.99. The number of rotatable bonds is 6. The average molecular weight is 373 g/mol. The van der Waals surface area contributed by atoms with Gasteiger partial charge >= 0.3 is 12.1 Å². The van der Waals surface area contributed by atoms with E-state index in [1.54, 1.807) is 33.2 Å². The quantitative estimate of drug-likeness (QED) is 0.800. The maximum absolute atomic E-state index is 11.9. The number of ether oxygens (including phenoxy) is 1. The molecule has 0 aromatic carbocycles. The van der Waals surface area contributed by atoms with Crippen LogP contribution in [0.1, 0.15) is 39.2 Å². The Balaban J connectivity index is 2.70. The fraction of sp³-hybridized carbons (Fsp3) is 0.533. The van der Waals surface area contributed by atoms with E-state index in [0.717, 1.165) is 10.0 Å². The molecule has 1 aromatic rings. The van der Waals surface area contributed by atoms with E-state index in [9.17, 15) is 9.59 Å². The normalized spacial score (nSPS) is 12.5. The lowest BCUT2D eigenvalue weighted by Crippen LogP contribution is -2.40. The summed E-state index contributed by atoms with van der Waals surface area (Å²) in [6.07, 6.45) is 3.58. The number of alkyl carbamates (subject to hydrolysis) is 1. The van der Waals surface area contributed by atoms with Crippen molar-refractivity contribution in [2.75, 3.05) is 0 Å². The van der Waals surface area contributed by atoms with Gasteiger partial charge in [0.05, 0.1) is 0 Å². The van der Waals surface area contributed by atoms with Gasteiger partial charge in [-0.2, -0.15) is 0 Å². The zero-order valence-electron chi connectivity index (χ0n) is 12.9. The molecular formula is C15H21BrN2O4. The van der Waals surface area contributed by atoms with Crippen molar-refractivity contribution in [3.63, 3.8) is 0 Å². The molecule has 1 aromatic heterocycles. The number of carboxylic acids is 1. The first kappa shape index (κ1) is 18.4. The molecule has 0 fully saturated rings. The van der Waals surface area contributed by atoms with E-state index in [-0.39, 0.29) is 12.5 Å². The number of aliphatic carboxylic acids is 1. The fourth-order valence-electron chi connectivity index (χ4n) is 1.85. The molecule has 1 amide bonds. The summed E-state index contributed by atoms with van der Waals surface area (Å²) in [5, 5.41) is 11.6. The Labute approximate surface area is 138 Å². The third-order valence-electron chi connectivity index (χ3n) is 2.67. The Bertz CT molecular complexity index is 529. The molecule has 1 atom stereocenters. The largest absolute Gasteiger partial charge is 0.481 e. The van der Waals surface area contributed by atoms with Gasteiger partial charge in [-0.25, -0.2) is 4.79 Å². The van der Waals surface area contributed by atoms with Crippen molar-refractivity contribution in [1.82, 2.24) is 10.3 Å². The highest BCUT2D eigenvalue weighted by atomic mass is 79.9. The summed E-state index contributed by atoms with van der Waals surface area (Å²) in [5.74, 6) is -0.900. The number of halogens is 1. The average Bonchev–Trinajstić information content (AvgIpc) is 2.33. The number of nitrogens with one attached hydrogen (secondary N) is 1. The highest BCUT2D eigenvalue weighted by Gasteiger charge is 2.20. The van der Waals surface area contributed by atoms with E-state index >= 15 is 0 Å². The summed E-state index contributed by atoms with van der Waals surface area (Å²) in [6.45, 7) is 5.32. The molecule has 0 saturated carbocycles. The van der Waals surface area contributed by atoms with Gasteiger partial charge in [-0.15, -0.1) is 0 Å². The zero-order valence-corrected chi connectivity index (χ0v) is 14.5. The molecule has 6 nitrogen and oxygen atoms in total. The molecule has 122 valence electrons. The maximum atomic E-state index is 11.9. The predicted molar refractivity (Wildman–Crippen MR) is 85.7 cm³/mol. The Morgan fingerprint density at radius 1 is 1.41 bits per heavy atom. The molecule has 0 spiro atoms. The van der Waals surface area contributed by atoms with E-state index in [2.05, 4.69) is 26.2 Å². The van der Waals surface area contributed by atoms with Crippen molar-refractivity contribution < 1.29 is 19.4 Å². The van der Waals surface area contributed by atoms with Crippen LogP contribution < -0.4 is 5.32 Å². The minimum atomic E-state index is -0.900. The van der Waals surface area contributed by atoms with Crippen LogP contribution in [0.25, 0.3) is 0 Å². The second kappa shape index (κ2) is 8.12. The Morgan fingerprint density at radius 3 is 2.64 bits per heavy atom. The second-order valence-corrected chi connectivity index (χ2v) is 6.91. The fourth-order valence-corrected chi connectivity index (χ4v) is 2.26. The first-order valence-electron chi connectivity index (χ1n) is 6.96. The highest BCUT2D eigenvalue weighted by molar-refractivity contribution is 9.10. The topological polar surface area (TPSA) is 88.5 Å². The van der Waals surface area contributed by atoms with Crippen LogP contribution in [0.5, 0.6) is 0 Å². The molecule has 22 heavy (non-hydrogen) atoms. The Kier molecular flexibility index (Phi) is 6.80. The maximum Gasteiger partial charge on any atom is 0.407 e. The van der Waals surface area contributed by atoms with E-state index in [4.69, 9.17) is 9.84 Å². The molecule has 7 heteroatoms. The lowest BCUT2D eigenvalue weighted by atomic mass is 10.0. The Hall–Kier alpha value is -1.63. The first-order chi connectivity index (χ1) is 10.2. The number of nitrogens with zero attached hydrogens (tertiary/aromatic N) is 1. The number of amides is 1. The van der Waals surface area contributed by atoms with Crippen LogP contribution in [0, 0.1) is 0 Å². The minimum Gasteiger partial charge on any atom is -0.481 e. The third-order valence-corrected chi connectivity index (χ3v) is 3.10. The van der Waals surface area contributed by atoms with Gasteiger partial charge in [-0.3, -0.25) is 9.78 Å². The molecule has 0 aliphatic rings. The van der Waals surface area contributed by atoms with Crippen molar-refractivity contribution in [2.24, 2.45) is 0 Å².